The zero-order valence-corrected chi connectivity index (χ0v) is 16.0. The van der Waals surface area contributed by atoms with Gasteiger partial charge in [-0.1, -0.05) is 24.3 Å². The van der Waals surface area contributed by atoms with Crippen LogP contribution in [0.3, 0.4) is 0 Å². The van der Waals surface area contributed by atoms with Gasteiger partial charge in [-0.05, 0) is 56.6 Å². The van der Waals surface area contributed by atoms with Crippen molar-refractivity contribution in [1.29, 1.82) is 0 Å². The van der Waals surface area contributed by atoms with E-state index in [-0.39, 0.29) is 18.8 Å². The van der Waals surface area contributed by atoms with Crippen molar-refractivity contribution in [3.8, 4) is 17.2 Å². The number of ether oxygens (including phenoxy) is 3. The van der Waals surface area contributed by atoms with E-state index in [0.29, 0.717) is 19.4 Å². The van der Waals surface area contributed by atoms with Gasteiger partial charge in [0.05, 0.1) is 18.6 Å². The van der Waals surface area contributed by atoms with Crippen molar-refractivity contribution < 1.29 is 24.1 Å². The van der Waals surface area contributed by atoms with Gasteiger partial charge in [0.1, 0.15) is 5.75 Å². The zero-order chi connectivity index (χ0) is 19.5. The maximum absolute atomic E-state index is 11.4. The molecule has 6 nitrogen and oxygen atoms in total. The number of nitrogens with zero attached hydrogens (tertiary/aromatic N) is 1. The molecule has 2 aliphatic heterocycles. The molecule has 1 N–H and O–H groups in total. The first-order valence-electron chi connectivity index (χ1n) is 9.75. The Hall–Kier alpha value is -2.73. The fraction of sp³-hybridized carbons (Fsp3) is 0.409. The molecule has 0 bridgehead atoms. The molecule has 148 valence electrons. The van der Waals surface area contributed by atoms with Gasteiger partial charge in [-0.2, -0.15) is 0 Å². The standard InChI is InChI=1S/C22H25NO5/c1-2-26-18-6-4-3-5-17(18)21(23-11-9-15(10-12-23)22(24)25)16-7-8-19-20(13-16)28-14-27-19/h3-8,13,15,21H,2,9-12,14H2,1H3,(H,24,25). The molecule has 0 saturated carbocycles. The number of likely N-dealkylation sites (tertiary alicyclic amines) is 1. The first kappa shape index (κ1) is 18.6. The van der Waals surface area contributed by atoms with Crippen LogP contribution in [-0.4, -0.2) is 42.5 Å². The number of rotatable bonds is 6. The number of fused-ring (bicyclic) bond motifs is 1. The fourth-order valence-corrected chi connectivity index (χ4v) is 4.07. The summed E-state index contributed by atoms with van der Waals surface area (Å²) in [4.78, 5) is 13.7. The molecule has 2 aliphatic rings. The molecule has 0 spiro atoms. The topological polar surface area (TPSA) is 68.2 Å². The highest BCUT2D eigenvalue weighted by atomic mass is 16.7. The molecule has 2 heterocycles. The Labute approximate surface area is 164 Å². The van der Waals surface area contributed by atoms with Crippen molar-refractivity contribution in [2.24, 2.45) is 5.92 Å². The second-order valence-electron chi connectivity index (χ2n) is 7.13. The second-order valence-corrected chi connectivity index (χ2v) is 7.13. The third-order valence-electron chi connectivity index (χ3n) is 5.47. The molecule has 1 unspecified atom stereocenters. The monoisotopic (exact) mass is 383 g/mol. The van der Waals surface area contributed by atoms with E-state index in [0.717, 1.165) is 41.5 Å². The average Bonchev–Trinajstić information content (AvgIpc) is 3.18. The quantitative estimate of drug-likeness (QED) is 0.820. The van der Waals surface area contributed by atoms with Gasteiger partial charge in [-0.25, -0.2) is 0 Å². The Morgan fingerprint density at radius 2 is 1.93 bits per heavy atom. The van der Waals surface area contributed by atoms with Crippen LogP contribution in [0.5, 0.6) is 17.2 Å². The molecular formula is C22H25NO5. The molecule has 28 heavy (non-hydrogen) atoms. The van der Waals surface area contributed by atoms with E-state index in [1.54, 1.807) is 0 Å². The third kappa shape index (κ3) is 3.64. The first-order chi connectivity index (χ1) is 13.7. The molecule has 0 aromatic heterocycles. The van der Waals surface area contributed by atoms with Crippen molar-refractivity contribution in [3.05, 3.63) is 53.6 Å². The number of hydrogen-bond acceptors (Lipinski definition) is 5. The van der Waals surface area contributed by atoms with Gasteiger partial charge in [0.15, 0.2) is 11.5 Å². The van der Waals surface area contributed by atoms with Crippen LogP contribution in [0, 0.1) is 5.92 Å². The molecule has 2 aromatic rings. The average molecular weight is 383 g/mol. The van der Waals surface area contributed by atoms with Crippen LogP contribution in [0.2, 0.25) is 0 Å². The Morgan fingerprint density at radius 3 is 2.68 bits per heavy atom. The number of benzene rings is 2. The largest absolute Gasteiger partial charge is 0.494 e. The maximum Gasteiger partial charge on any atom is 0.306 e. The van der Waals surface area contributed by atoms with Gasteiger partial charge < -0.3 is 19.3 Å². The summed E-state index contributed by atoms with van der Waals surface area (Å²) in [6.45, 7) is 4.24. The molecule has 0 radical (unpaired) electrons. The summed E-state index contributed by atoms with van der Waals surface area (Å²) >= 11 is 0. The number of carboxylic acid groups (broad SMARTS) is 1. The van der Waals surface area contributed by atoms with E-state index < -0.39 is 5.97 Å². The lowest BCUT2D eigenvalue weighted by Gasteiger charge is -2.37. The fourth-order valence-electron chi connectivity index (χ4n) is 4.07. The Balaban J connectivity index is 1.71. The lowest BCUT2D eigenvalue weighted by atomic mass is 9.90. The van der Waals surface area contributed by atoms with Crippen LogP contribution >= 0.6 is 0 Å². The van der Waals surface area contributed by atoms with E-state index >= 15 is 0 Å². The molecule has 0 aliphatic carbocycles. The molecule has 2 aromatic carbocycles. The number of hydrogen-bond donors (Lipinski definition) is 1. The molecular weight excluding hydrogens is 358 g/mol. The molecule has 1 atom stereocenters. The number of carboxylic acids is 1. The normalized spacial score (nSPS) is 18.0. The third-order valence-corrected chi connectivity index (χ3v) is 5.47. The zero-order valence-electron chi connectivity index (χ0n) is 16.0. The Bertz CT molecular complexity index is 845. The van der Waals surface area contributed by atoms with Crippen LogP contribution in [0.1, 0.15) is 36.9 Å². The highest BCUT2D eigenvalue weighted by Gasteiger charge is 2.32. The SMILES string of the molecule is CCOc1ccccc1C(c1ccc2c(c1)OCO2)N1CCC(C(=O)O)CC1. The number of piperidine rings is 1. The highest BCUT2D eigenvalue weighted by Crippen LogP contribution is 2.41. The van der Waals surface area contributed by atoms with Crippen molar-refractivity contribution in [2.45, 2.75) is 25.8 Å². The first-order valence-corrected chi connectivity index (χ1v) is 9.75. The van der Waals surface area contributed by atoms with Crippen molar-refractivity contribution >= 4 is 5.97 Å². The Morgan fingerprint density at radius 1 is 1.18 bits per heavy atom. The molecule has 6 heteroatoms. The van der Waals surface area contributed by atoms with Crippen molar-refractivity contribution in [3.63, 3.8) is 0 Å². The van der Waals surface area contributed by atoms with E-state index in [1.807, 2.05) is 37.3 Å². The van der Waals surface area contributed by atoms with Gasteiger partial charge in [-0.15, -0.1) is 0 Å². The summed E-state index contributed by atoms with van der Waals surface area (Å²) in [5, 5.41) is 9.35. The van der Waals surface area contributed by atoms with E-state index in [2.05, 4.69) is 17.0 Å². The van der Waals surface area contributed by atoms with Gasteiger partial charge in [0.2, 0.25) is 6.79 Å². The minimum absolute atomic E-state index is 0.0352. The van der Waals surface area contributed by atoms with Crippen LogP contribution < -0.4 is 14.2 Å². The molecule has 1 fully saturated rings. The van der Waals surface area contributed by atoms with Crippen LogP contribution in [-0.2, 0) is 4.79 Å². The molecule has 1 saturated heterocycles. The van der Waals surface area contributed by atoms with Crippen LogP contribution in [0.15, 0.2) is 42.5 Å². The van der Waals surface area contributed by atoms with Gasteiger partial charge in [-0.3, -0.25) is 9.69 Å². The Kier molecular flexibility index (Phi) is 5.39. The van der Waals surface area contributed by atoms with Gasteiger partial charge in [0.25, 0.3) is 0 Å². The minimum atomic E-state index is -0.700. The minimum Gasteiger partial charge on any atom is -0.494 e. The molecule has 0 amide bonds. The summed E-state index contributed by atoms with van der Waals surface area (Å²) in [5.74, 6) is 1.39. The summed E-state index contributed by atoms with van der Waals surface area (Å²) < 4.78 is 17.0. The van der Waals surface area contributed by atoms with Crippen molar-refractivity contribution in [2.75, 3.05) is 26.5 Å². The summed E-state index contributed by atoms with van der Waals surface area (Å²) in [6.07, 6.45) is 1.29. The molecule has 4 rings (SSSR count). The smallest absolute Gasteiger partial charge is 0.306 e. The number of carbonyl (C=O) groups is 1. The van der Waals surface area contributed by atoms with Crippen LogP contribution in [0.4, 0.5) is 0 Å². The number of para-hydroxylation sites is 1. The second kappa shape index (κ2) is 8.10. The highest BCUT2D eigenvalue weighted by molar-refractivity contribution is 5.70. The lowest BCUT2D eigenvalue weighted by molar-refractivity contribution is -0.143. The maximum atomic E-state index is 11.4. The van der Waals surface area contributed by atoms with E-state index in [9.17, 15) is 9.90 Å². The van der Waals surface area contributed by atoms with Gasteiger partial charge in [0, 0.05) is 5.56 Å². The van der Waals surface area contributed by atoms with Crippen molar-refractivity contribution in [1.82, 2.24) is 4.90 Å². The van der Waals surface area contributed by atoms with E-state index in [4.69, 9.17) is 14.2 Å². The van der Waals surface area contributed by atoms with E-state index in [1.165, 1.54) is 0 Å². The predicted octanol–water partition coefficient (Wildman–Crippen LogP) is 3.70. The lowest BCUT2D eigenvalue weighted by Crippen LogP contribution is -2.39. The van der Waals surface area contributed by atoms with Gasteiger partial charge >= 0.3 is 5.97 Å². The van der Waals surface area contributed by atoms with Crippen LogP contribution in [0.25, 0.3) is 0 Å². The predicted molar refractivity (Wildman–Crippen MR) is 104 cm³/mol. The summed E-state index contributed by atoms with van der Waals surface area (Å²) in [5.41, 5.74) is 2.17. The summed E-state index contributed by atoms with van der Waals surface area (Å²) in [7, 11) is 0. The summed E-state index contributed by atoms with van der Waals surface area (Å²) in [6, 6.07) is 14.1. The number of aliphatic carboxylic acids is 1.